The fourth-order valence-corrected chi connectivity index (χ4v) is 4.20. The molecule has 6 nitrogen and oxygen atoms in total. The number of fused-ring (bicyclic) bond motifs is 1. The lowest BCUT2D eigenvalue weighted by molar-refractivity contribution is -0.119. The molecule has 0 aromatic heterocycles. The zero-order valence-corrected chi connectivity index (χ0v) is 15.6. The van der Waals surface area contributed by atoms with Crippen molar-refractivity contribution in [3.05, 3.63) is 53.8 Å². The molecule has 1 amide bonds. The van der Waals surface area contributed by atoms with Crippen LogP contribution < -0.4 is 15.8 Å². The quantitative estimate of drug-likeness (QED) is 0.781. The molecule has 1 aliphatic heterocycles. The highest BCUT2D eigenvalue weighted by molar-refractivity contribution is 7.91. The molecule has 0 bridgehead atoms. The predicted molar refractivity (Wildman–Crippen MR) is 97.7 cm³/mol. The molecule has 0 radical (unpaired) electrons. The first-order valence-corrected chi connectivity index (χ1v) is 10.1. The van der Waals surface area contributed by atoms with Crippen molar-refractivity contribution < 1.29 is 22.3 Å². The van der Waals surface area contributed by atoms with Crippen molar-refractivity contribution in [2.45, 2.75) is 41.7 Å². The van der Waals surface area contributed by atoms with E-state index in [0.29, 0.717) is 12.3 Å². The normalized spacial score (nSPS) is 17.6. The number of carbonyl (C=O) groups is 1. The molecule has 3 rings (SSSR count). The van der Waals surface area contributed by atoms with Gasteiger partial charge in [-0.25, -0.2) is 12.8 Å². The number of hydrogen-bond acceptors (Lipinski definition) is 5. The number of ether oxygens (including phenoxy) is 1. The molecule has 0 aliphatic carbocycles. The van der Waals surface area contributed by atoms with Crippen molar-refractivity contribution in [3.8, 4) is 5.75 Å². The summed E-state index contributed by atoms with van der Waals surface area (Å²) in [7, 11) is -3.85. The van der Waals surface area contributed by atoms with E-state index in [0.717, 1.165) is 24.5 Å². The van der Waals surface area contributed by atoms with Crippen LogP contribution in [0.25, 0.3) is 0 Å². The minimum absolute atomic E-state index is 0.0472. The van der Waals surface area contributed by atoms with E-state index in [9.17, 15) is 17.6 Å². The number of nitrogens with two attached hydrogens (primary N) is 1. The van der Waals surface area contributed by atoms with E-state index in [2.05, 4.69) is 5.32 Å². The maximum atomic E-state index is 13.4. The highest BCUT2D eigenvalue weighted by atomic mass is 32.2. The second kappa shape index (κ2) is 7.66. The molecule has 2 atom stereocenters. The number of sulfone groups is 1. The van der Waals surface area contributed by atoms with Crippen LogP contribution in [0, 0.1) is 5.82 Å². The molecule has 1 unspecified atom stereocenters. The Kier molecular flexibility index (Phi) is 5.48. The number of aryl methyl sites for hydroxylation is 1. The largest absolute Gasteiger partial charge is 0.489 e. The number of amides is 1. The molecule has 8 heteroatoms. The molecule has 0 fully saturated rings. The van der Waals surface area contributed by atoms with Crippen molar-refractivity contribution >= 4 is 15.7 Å². The van der Waals surface area contributed by atoms with Gasteiger partial charge in [0.2, 0.25) is 15.7 Å². The van der Waals surface area contributed by atoms with Crippen LogP contribution in [0.5, 0.6) is 5.75 Å². The Morgan fingerprint density at radius 2 is 2.04 bits per heavy atom. The number of primary amides is 1. The van der Waals surface area contributed by atoms with Gasteiger partial charge in [0.25, 0.3) is 0 Å². The lowest BCUT2D eigenvalue weighted by Crippen LogP contribution is -2.44. The first-order chi connectivity index (χ1) is 12.8. The SMILES string of the molecule is CC(NC[C@H]1CCc2ccc(S(=O)(=O)c3cccc(F)c3)cc2O1)C(N)=O. The molecule has 0 saturated heterocycles. The Morgan fingerprint density at radius 1 is 1.30 bits per heavy atom. The van der Waals surface area contributed by atoms with Gasteiger partial charge in [-0.15, -0.1) is 0 Å². The van der Waals surface area contributed by atoms with Crippen molar-refractivity contribution in [3.63, 3.8) is 0 Å². The lowest BCUT2D eigenvalue weighted by atomic mass is 10.0. The smallest absolute Gasteiger partial charge is 0.234 e. The Balaban J connectivity index is 1.80. The monoisotopic (exact) mass is 392 g/mol. The number of hydrogen-bond donors (Lipinski definition) is 2. The van der Waals surface area contributed by atoms with E-state index in [1.165, 1.54) is 30.3 Å². The summed E-state index contributed by atoms with van der Waals surface area (Å²) >= 11 is 0. The third-order valence-electron chi connectivity index (χ3n) is 4.56. The number of carbonyl (C=O) groups excluding carboxylic acids is 1. The van der Waals surface area contributed by atoms with Gasteiger partial charge in [0, 0.05) is 6.54 Å². The average Bonchev–Trinajstić information content (AvgIpc) is 2.65. The van der Waals surface area contributed by atoms with E-state index in [1.54, 1.807) is 13.0 Å². The van der Waals surface area contributed by atoms with Crippen LogP contribution in [0.2, 0.25) is 0 Å². The van der Waals surface area contributed by atoms with Gasteiger partial charge in [0.05, 0.1) is 15.8 Å². The number of halogens is 1. The Hall–Kier alpha value is -2.45. The average molecular weight is 392 g/mol. The van der Waals surface area contributed by atoms with Gasteiger partial charge in [0.15, 0.2) is 0 Å². The third-order valence-corrected chi connectivity index (χ3v) is 6.31. The summed E-state index contributed by atoms with van der Waals surface area (Å²) in [6.45, 7) is 2.09. The summed E-state index contributed by atoms with van der Waals surface area (Å²) in [6.07, 6.45) is 1.26. The van der Waals surface area contributed by atoms with Gasteiger partial charge in [0.1, 0.15) is 17.7 Å². The van der Waals surface area contributed by atoms with Crippen LogP contribution in [0.4, 0.5) is 4.39 Å². The van der Waals surface area contributed by atoms with Crippen molar-refractivity contribution in [1.82, 2.24) is 5.32 Å². The van der Waals surface area contributed by atoms with Crippen LogP contribution in [0.3, 0.4) is 0 Å². The fraction of sp³-hybridized carbons (Fsp3) is 0.316. The summed E-state index contributed by atoms with van der Waals surface area (Å²) < 4.78 is 44.8. The van der Waals surface area contributed by atoms with Crippen molar-refractivity contribution in [1.29, 1.82) is 0 Å². The molecule has 0 saturated carbocycles. The molecule has 3 N–H and O–H groups in total. The molecule has 2 aromatic rings. The molecule has 1 aliphatic rings. The highest BCUT2D eigenvalue weighted by Crippen LogP contribution is 2.32. The van der Waals surface area contributed by atoms with E-state index in [4.69, 9.17) is 10.5 Å². The first-order valence-electron chi connectivity index (χ1n) is 8.60. The van der Waals surface area contributed by atoms with Crippen molar-refractivity contribution in [2.75, 3.05) is 6.54 Å². The summed E-state index contributed by atoms with van der Waals surface area (Å²) in [5.74, 6) is -0.577. The molecule has 1 heterocycles. The zero-order chi connectivity index (χ0) is 19.6. The van der Waals surface area contributed by atoms with Crippen molar-refractivity contribution in [2.24, 2.45) is 5.73 Å². The fourth-order valence-electron chi connectivity index (χ4n) is 2.90. The van der Waals surface area contributed by atoms with Gasteiger partial charge < -0.3 is 15.8 Å². The van der Waals surface area contributed by atoms with Crippen LogP contribution >= 0.6 is 0 Å². The maximum Gasteiger partial charge on any atom is 0.234 e. The van der Waals surface area contributed by atoms with Gasteiger partial charge in [-0.05, 0) is 55.7 Å². The molecular weight excluding hydrogens is 371 g/mol. The molecule has 2 aromatic carbocycles. The topological polar surface area (TPSA) is 98.5 Å². The van der Waals surface area contributed by atoms with Gasteiger partial charge in [-0.2, -0.15) is 0 Å². The molecule has 27 heavy (non-hydrogen) atoms. The minimum Gasteiger partial charge on any atom is -0.489 e. The second-order valence-electron chi connectivity index (χ2n) is 6.54. The van der Waals surface area contributed by atoms with E-state index in [1.807, 2.05) is 0 Å². The first kappa shape index (κ1) is 19.3. The van der Waals surface area contributed by atoms with E-state index < -0.39 is 27.6 Å². The van der Waals surface area contributed by atoms with Gasteiger partial charge in [-0.1, -0.05) is 12.1 Å². The highest BCUT2D eigenvalue weighted by Gasteiger charge is 2.25. The maximum absolute atomic E-state index is 13.4. The van der Waals surface area contributed by atoms with Crippen LogP contribution in [-0.4, -0.2) is 33.0 Å². The number of nitrogens with one attached hydrogen (secondary N) is 1. The Morgan fingerprint density at radius 3 is 2.74 bits per heavy atom. The Bertz CT molecular complexity index is 962. The van der Waals surface area contributed by atoms with Crippen LogP contribution in [0.1, 0.15) is 18.9 Å². The summed E-state index contributed by atoms with van der Waals surface area (Å²) in [5.41, 5.74) is 6.14. The second-order valence-corrected chi connectivity index (χ2v) is 8.49. The van der Waals surface area contributed by atoms with Gasteiger partial charge >= 0.3 is 0 Å². The summed E-state index contributed by atoms with van der Waals surface area (Å²) in [4.78, 5) is 11.1. The van der Waals surface area contributed by atoms with Crippen LogP contribution in [0.15, 0.2) is 52.3 Å². The van der Waals surface area contributed by atoms with Gasteiger partial charge in [-0.3, -0.25) is 4.79 Å². The lowest BCUT2D eigenvalue weighted by Gasteiger charge is -2.27. The standard InChI is InChI=1S/C19H21FN2O4S/c1-12(19(21)23)22-11-15-7-5-13-6-8-17(10-18(13)26-15)27(24,25)16-4-2-3-14(20)9-16/h2-4,6,8-10,12,15,22H,5,7,11H2,1H3,(H2,21,23)/t12?,15-/m1/s1. The number of rotatable bonds is 6. The number of benzene rings is 2. The van der Waals surface area contributed by atoms with E-state index >= 15 is 0 Å². The summed E-state index contributed by atoms with van der Waals surface area (Å²) in [5, 5.41) is 3.00. The third kappa shape index (κ3) is 4.28. The molecule has 144 valence electrons. The summed E-state index contributed by atoms with van der Waals surface area (Å²) in [6, 6.07) is 9.13. The minimum atomic E-state index is -3.85. The van der Waals surface area contributed by atoms with Crippen LogP contribution in [-0.2, 0) is 21.1 Å². The molecular formula is C19H21FN2O4S. The zero-order valence-electron chi connectivity index (χ0n) is 14.8. The van der Waals surface area contributed by atoms with E-state index in [-0.39, 0.29) is 15.9 Å². The Labute approximate surface area is 157 Å². The predicted octanol–water partition coefficient (Wildman–Crippen LogP) is 1.82. The molecule has 0 spiro atoms.